The molecule has 0 N–H and O–H groups in total. The average molecular weight is 407 g/mol. The van der Waals surface area contributed by atoms with Gasteiger partial charge >= 0.3 is 5.76 Å². The molecule has 28 heavy (non-hydrogen) atoms. The number of amides is 1. The van der Waals surface area contributed by atoms with E-state index in [9.17, 15) is 9.59 Å². The summed E-state index contributed by atoms with van der Waals surface area (Å²) in [5.41, 5.74) is 1.13. The minimum atomic E-state index is -0.447. The molecule has 0 unspecified atom stereocenters. The summed E-state index contributed by atoms with van der Waals surface area (Å²) in [6.45, 7) is 8.36. The Balaban J connectivity index is 1.26. The van der Waals surface area contributed by atoms with Gasteiger partial charge in [0.05, 0.1) is 5.52 Å². The van der Waals surface area contributed by atoms with Crippen LogP contribution in [0.5, 0.6) is 0 Å². The Hall–Kier alpha value is -1.83. The van der Waals surface area contributed by atoms with Gasteiger partial charge in [0.1, 0.15) is 0 Å². The van der Waals surface area contributed by atoms with E-state index >= 15 is 0 Å². The van der Waals surface area contributed by atoms with Gasteiger partial charge < -0.3 is 14.2 Å². The predicted octanol–water partition coefficient (Wildman–Crippen LogP) is 1.88. The molecule has 0 atom stereocenters. The Labute approximate surface area is 169 Å². The Morgan fingerprint density at radius 1 is 0.964 bits per heavy atom. The fourth-order valence-corrected chi connectivity index (χ4v) is 4.29. The highest BCUT2D eigenvalue weighted by Crippen LogP contribution is 2.18. The number of nitrogens with zero attached hydrogens (tertiary/aromatic N) is 4. The van der Waals surface area contributed by atoms with E-state index in [1.165, 1.54) is 30.5 Å². The largest absolute Gasteiger partial charge is 0.419 e. The maximum absolute atomic E-state index is 12.6. The van der Waals surface area contributed by atoms with Crippen molar-refractivity contribution < 1.29 is 9.21 Å². The molecular formula is C20H27ClN4O3. The zero-order valence-corrected chi connectivity index (χ0v) is 16.9. The summed E-state index contributed by atoms with van der Waals surface area (Å²) >= 11 is 5.94. The van der Waals surface area contributed by atoms with Gasteiger partial charge in [-0.1, -0.05) is 11.6 Å². The summed E-state index contributed by atoms with van der Waals surface area (Å²) < 4.78 is 6.74. The van der Waals surface area contributed by atoms with Gasteiger partial charge in [-0.15, -0.1) is 0 Å². The third kappa shape index (κ3) is 4.42. The molecule has 2 aliphatic heterocycles. The Morgan fingerprint density at radius 3 is 2.36 bits per heavy atom. The van der Waals surface area contributed by atoms with Crippen molar-refractivity contribution in [2.75, 3.05) is 52.4 Å². The molecule has 0 aliphatic carbocycles. The monoisotopic (exact) mass is 406 g/mol. The highest BCUT2D eigenvalue weighted by atomic mass is 35.5. The van der Waals surface area contributed by atoms with E-state index in [0.717, 1.165) is 39.3 Å². The summed E-state index contributed by atoms with van der Waals surface area (Å²) in [6.07, 6.45) is 2.94. The number of fused-ring (bicyclic) bond motifs is 1. The Kier molecular flexibility index (Phi) is 6.04. The molecule has 4 rings (SSSR count). The minimum Gasteiger partial charge on any atom is -0.408 e. The lowest BCUT2D eigenvalue weighted by Gasteiger charge is -2.35. The van der Waals surface area contributed by atoms with Crippen molar-refractivity contribution in [3.05, 3.63) is 33.8 Å². The zero-order chi connectivity index (χ0) is 19.5. The summed E-state index contributed by atoms with van der Waals surface area (Å²) in [4.78, 5) is 31.6. The van der Waals surface area contributed by atoms with Crippen LogP contribution in [0, 0.1) is 0 Å². The standard InChI is InChI=1S/C20H27ClN4O3/c21-16-3-4-17-18(15-16)28-20(27)25(17)8-5-19(26)24-13-11-23(12-14-24)10-9-22-6-1-2-7-22/h3-4,15H,1-2,5-14H2. The summed E-state index contributed by atoms with van der Waals surface area (Å²) in [7, 11) is 0. The molecule has 1 amide bonds. The van der Waals surface area contributed by atoms with Crippen LogP contribution >= 0.6 is 11.6 Å². The number of carbonyl (C=O) groups excluding carboxylic acids is 1. The van der Waals surface area contributed by atoms with Crippen LogP contribution in [0.4, 0.5) is 0 Å². The first-order chi connectivity index (χ1) is 13.6. The van der Waals surface area contributed by atoms with Crippen molar-refractivity contribution in [3.8, 4) is 0 Å². The maximum atomic E-state index is 12.6. The third-order valence-corrected chi connectivity index (χ3v) is 6.07. The van der Waals surface area contributed by atoms with Crippen LogP contribution in [0.15, 0.2) is 27.4 Å². The predicted molar refractivity (Wildman–Crippen MR) is 109 cm³/mol. The van der Waals surface area contributed by atoms with Crippen molar-refractivity contribution >= 4 is 28.6 Å². The first kappa shape index (κ1) is 19.5. The molecule has 0 bridgehead atoms. The molecule has 7 nitrogen and oxygen atoms in total. The minimum absolute atomic E-state index is 0.0920. The number of hydrogen-bond acceptors (Lipinski definition) is 5. The van der Waals surface area contributed by atoms with Crippen molar-refractivity contribution in [1.82, 2.24) is 19.3 Å². The molecule has 2 aromatic rings. The van der Waals surface area contributed by atoms with Crippen LogP contribution in [0.3, 0.4) is 0 Å². The Bertz CT molecular complexity index is 879. The van der Waals surface area contributed by atoms with Gasteiger partial charge in [0.15, 0.2) is 5.58 Å². The van der Waals surface area contributed by atoms with Crippen molar-refractivity contribution in [1.29, 1.82) is 0 Å². The summed E-state index contributed by atoms with van der Waals surface area (Å²) in [6, 6.07) is 5.10. The number of oxazole rings is 1. The normalized spacial score (nSPS) is 19.0. The molecule has 0 radical (unpaired) electrons. The van der Waals surface area contributed by atoms with E-state index in [0.29, 0.717) is 29.1 Å². The zero-order valence-electron chi connectivity index (χ0n) is 16.1. The van der Waals surface area contributed by atoms with Crippen LogP contribution in [0.25, 0.3) is 11.1 Å². The second kappa shape index (κ2) is 8.68. The quantitative estimate of drug-likeness (QED) is 0.733. The van der Waals surface area contributed by atoms with Crippen molar-refractivity contribution in [2.24, 2.45) is 0 Å². The number of aromatic nitrogens is 1. The molecule has 0 spiro atoms. The lowest BCUT2D eigenvalue weighted by molar-refractivity contribution is -0.133. The van der Waals surface area contributed by atoms with Gasteiger partial charge in [-0.3, -0.25) is 14.3 Å². The maximum Gasteiger partial charge on any atom is 0.419 e. The van der Waals surface area contributed by atoms with Gasteiger partial charge in [-0.2, -0.15) is 0 Å². The SMILES string of the molecule is O=C(CCn1c(=O)oc2cc(Cl)ccc21)N1CCN(CCN2CCCC2)CC1. The molecule has 152 valence electrons. The molecule has 2 fully saturated rings. The molecule has 1 aromatic heterocycles. The summed E-state index contributed by atoms with van der Waals surface area (Å²) in [5, 5.41) is 0.520. The Morgan fingerprint density at radius 2 is 1.64 bits per heavy atom. The molecular weight excluding hydrogens is 380 g/mol. The first-order valence-electron chi connectivity index (χ1n) is 10.1. The van der Waals surface area contributed by atoms with Crippen molar-refractivity contribution in [2.45, 2.75) is 25.8 Å². The number of aryl methyl sites for hydroxylation is 1. The molecule has 2 aliphatic rings. The number of likely N-dealkylation sites (tertiary alicyclic amines) is 1. The van der Waals surface area contributed by atoms with E-state index in [2.05, 4.69) is 9.80 Å². The lowest BCUT2D eigenvalue weighted by Crippen LogP contribution is -2.50. The second-order valence-electron chi connectivity index (χ2n) is 7.65. The first-order valence-corrected chi connectivity index (χ1v) is 10.5. The van der Waals surface area contributed by atoms with Crippen LogP contribution in [0.1, 0.15) is 19.3 Å². The van der Waals surface area contributed by atoms with Crippen LogP contribution in [-0.2, 0) is 11.3 Å². The van der Waals surface area contributed by atoms with Crippen LogP contribution < -0.4 is 5.76 Å². The van der Waals surface area contributed by atoms with Crippen LogP contribution in [0.2, 0.25) is 5.02 Å². The molecule has 3 heterocycles. The highest BCUT2D eigenvalue weighted by Gasteiger charge is 2.22. The van der Waals surface area contributed by atoms with Gasteiger partial charge in [-0.05, 0) is 38.1 Å². The highest BCUT2D eigenvalue weighted by molar-refractivity contribution is 6.31. The molecule has 0 saturated carbocycles. The summed E-state index contributed by atoms with van der Waals surface area (Å²) in [5.74, 6) is -0.355. The van der Waals surface area contributed by atoms with E-state index in [1.807, 2.05) is 4.90 Å². The fourth-order valence-electron chi connectivity index (χ4n) is 4.13. The topological polar surface area (TPSA) is 61.9 Å². The number of piperazine rings is 1. The van der Waals surface area contributed by atoms with E-state index in [-0.39, 0.29) is 5.91 Å². The lowest BCUT2D eigenvalue weighted by atomic mass is 10.2. The average Bonchev–Trinajstić information content (AvgIpc) is 3.31. The van der Waals surface area contributed by atoms with E-state index in [1.54, 1.807) is 18.2 Å². The molecule has 1 aromatic carbocycles. The van der Waals surface area contributed by atoms with Gasteiger partial charge in [0.25, 0.3) is 0 Å². The van der Waals surface area contributed by atoms with Crippen molar-refractivity contribution in [3.63, 3.8) is 0 Å². The fraction of sp³-hybridized carbons (Fsp3) is 0.600. The number of halogens is 1. The van der Waals surface area contributed by atoms with Gasteiger partial charge in [0.2, 0.25) is 5.91 Å². The second-order valence-corrected chi connectivity index (χ2v) is 8.09. The van der Waals surface area contributed by atoms with Gasteiger partial charge in [-0.25, -0.2) is 4.79 Å². The third-order valence-electron chi connectivity index (χ3n) is 5.84. The van der Waals surface area contributed by atoms with E-state index < -0.39 is 5.76 Å². The molecule has 2 saturated heterocycles. The van der Waals surface area contributed by atoms with E-state index in [4.69, 9.17) is 16.0 Å². The smallest absolute Gasteiger partial charge is 0.408 e. The number of carbonyl (C=O) groups is 1. The number of benzene rings is 1. The van der Waals surface area contributed by atoms with Crippen LogP contribution in [-0.4, -0.2) is 77.5 Å². The molecule has 8 heteroatoms. The number of rotatable bonds is 6. The van der Waals surface area contributed by atoms with Gasteiger partial charge in [0, 0.05) is 63.3 Å². The number of hydrogen-bond donors (Lipinski definition) is 0.